The first-order valence-corrected chi connectivity index (χ1v) is 8.72. The molecular weight excluding hydrogens is 276 g/mol. The molecule has 1 fully saturated rings. The van der Waals surface area contributed by atoms with Crippen molar-refractivity contribution < 1.29 is 4.79 Å². The van der Waals surface area contributed by atoms with Crippen LogP contribution in [-0.2, 0) is 4.79 Å². The average molecular weight is 296 g/mol. The Balaban J connectivity index is 1.71. The van der Waals surface area contributed by atoms with Gasteiger partial charge < -0.3 is 11.1 Å². The molecule has 1 saturated heterocycles. The van der Waals surface area contributed by atoms with Crippen molar-refractivity contribution in [3.05, 3.63) is 35.9 Å². The first-order valence-electron chi connectivity index (χ1n) is 6.52. The molecule has 0 aliphatic carbocycles. The fourth-order valence-corrected chi connectivity index (χ4v) is 4.58. The Morgan fingerprint density at radius 2 is 2.16 bits per heavy atom. The number of hydrogen-bond donors (Lipinski definition) is 2. The van der Waals surface area contributed by atoms with Crippen LogP contribution in [0.4, 0.5) is 0 Å². The summed E-state index contributed by atoms with van der Waals surface area (Å²) < 4.78 is 0. The van der Waals surface area contributed by atoms with Gasteiger partial charge in [0.05, 0.1) is 0 Å². The van der Waals surface area contributed by atoms with Gasteiger partial charge >= 0.3 is 0 Å². The van der Waals surface area contributed by atoms with Crippen LogP contribution < -0.4 is 11.1 Å². The Bertz CT molecular complexity index is 394. The first kappa shape index (κ1) is 14.8. The molecule has 0 radical (unpaired) electrons. The van der Waals surface area contributed by atoms with E-state index in [9.17, 15) is 4.79 Å². The lowest BCUT2D eigenvalue weighted by atomic mass is 10.0. The van der Waals surface area contributed by atoms with Gasteiger partial charge in [-0.1, -0.05) is 30.3 Å². The number of benzene rings is 1. The summed E-state index contributed by atoms with van der Waals surface area (Å²) in [7, 11) is 0. The summed E-state index contributed by atoms with van der Waals surface area (Å²) in [4.78, 5) is 11.9. The van der Waals surface area contributed by atoms with E-state index in [1.54, 1.807) is 0 Å². The fourth-order valence-electron chi connectivity index (χ4n) is 1.97. The van der Waals surface area contributed by atoms with Crippen molar-refractivity contribution in [1.29, 1.82) is 0 Å². The van der Waals surface area contributed by atoms with E-state index >= 15 is 0 Å². The third-order valence-corrected chi connectivity index (χ3v) is 5.89. The van der Waals surface area contributed by atoms with Crippen LogP contribution >= 0.6 is 23.5 Å². The van der Waals surface area contributed by atoms with Gasteiger partial charge in [-0.25, -0.2) is 0 Å². The Hall–Kier alpha value is -0.650. The molecule has 2 rings (SSSR count). The van der Waals surface area contributed by atoms with Gasteiger partial charge in [0, 0.05) is 41.5 Å². The second kappa shape index (κ2) is 7.82. The summed E-state index contributed by atoms with van der Waals surface area (Å²) in [5.41, 5.74) is 7.05. The van der Waals surface area contributed by atoms with E-state index in [4.69, 9.17) is 5.73 Å². The molecular formula is C14H20N2OS2. The highest BCUT2D eigenvalue weighted by molar-refractivity contribution is 8.06. The molecule has 104 valence electrons. The summed E-state index contributed by atoms with van der Waals surface area (Å²) in [6.45, 7) is 0.762. The lowest BCUT2D eigenvalue weighted by Crippen LogP contribution is -2.34. The van der Waals surface area contributed by atoms with Crippen molar-refractivity contribution in [1.82, 2.24) is 5.32 Å². The molecule has 2 atom stereocenters. The molecule has 0 aromatic heterocycles. The summed E-state index contributed by atoms with van der Waals surface area (Å²) in [5.74, 6) is 3.60. The van der Waals surface area contributed by atoms with Crippen molar-refractivity contribution >= 4 is 29.4 Å². The zero-order chi connectivity index (χ0) is 13.5. The molecule has 3 N–H and O–H groups in total. The van der Waals surface area contributed by atoms with E-state index in [0.29, 0.717) is 11.7 Å². The van der Waals surface area contributed by atoms with Crippen LogP contribution in [0, 0.1) is 0 Å². The molecule has 1 aliphatic heterocycles. The zero-order valence-corrected chi connectivity index (χ0v) is 12.5. The van der Waals surface area contributed by atoms with E-state index in [0.717, 1.165) is 17.9 Å². The van der Waals surface area contributed by atoms with Crippen LogP contribution in [0.25, 0.3) is 0 Å². The predicted octanol–water partition coefficient (Wildman–Crippen LogP) is 2.04. The first-order chi connectivity index (χ1) is 9.25. The summed E-state index contributed by atoms with van der Waals surface area (Å²) in [5, 5.41) is 3.55. The summed E-state index contributed by atoms with van der Waals surface area (Å²) >= 11 is 3.92. The molecule has 1 aliphatic rings. The summed E-state index contributed by atoms with van der Waals surface area (Å²) in [6.07, 6.45) is 0.356. The summed E-state index contributed by atoms with van der Waals surface area (Å²) in [6, 6.07) is 9.56. The van der Waals surface area contributed by atoms with Crippen molar-refractivity contribution in [3.63, 3.8) is 0 Å². The molecule has 5 heteroatoms. The van der Waals surface area contributed by atoms with Gasteiger partial charge in [-0.3, -0.25) is 4.79 Å². The molecule has 0 bridgehead atoms. The Morgan fingerprint density at radius 3 is 2.84 bits per heavy atom. The molecule has 19 heavy (non-hydrogen) atoms. The van der Waals surface area contributed by atoms with Gasteiger partial charge in [-0.05, 0) is 5.56 Å². The third kappa shape index (κ3) is 5.09. The van der Waals surface area contributed by atoms with Crippen molar-refractivity contribution in [2.75, 3.05) is 23.8 Å². The fraction of sp³-hybridized carbons (Fsp3) is 0.500. The monoisotopic (exact) mass is 296 g/mol. The molecule has 1 aromatic carbocycles. The Kier molecular flexibility index (Phi) is 6.07. The molecule has 2 unspecified atom stereocenters. The second-order valence-electron chi connectivity index (χ2n) is 4.59. The molecule has 3 nitrogen and oxygen atoms in total. The van der Waals surface area contributed by atoms with Crippen LogP contribution in [0.2, 0.25) is 0 Å². The Morgan fingerprint density at radius 1 is 1.37 bits per heavy atom. The van der Waals surface area contributed by atoms with Crippen LogP contribution in [-0.4, -0.2) is 35.0 Å². The van der Waals surface area contributed by atoms with Gasteiger partial charge in [0.15, 0.2) is 0 Å². The minimum absolute atomic E-state index is 0.0486. The van der Waals surface area contributed by atoms with Crippen LogP contribution in [0.5, 0.6) is 0 Å². The van der Waals surface area contributed by atoms with E-state index in [1.807, 2.05) is 53.9 Å². The molecule has 0 spiro atoms. The van der Waals surface area contributed by atoms with E-state index in [-0.39, 0.29) is 11.9 Å². The quantitative estimate of drug-likeness (QED) is 0.873. The SMILES string of the molecule is NC(CC(=O)NCC1CSCCS1)c1ccccc1. The third-order valence-electron chi connectivity index (χ3n) is 3.04. The maximum atomic E-state index is 11.9. The topological polar surface area (TPSA) is 55.1 Å². The molecule has 1 amide bonds. The minimum Gasteiger partial charge on any atom is -0.355 e. The number of rotatable bonds is 5. The van der Waals surface area contributed by atoms with E-state index in [2.05, 4.69) is 5.32 Å². The maximum Gasteiger partial charge on any atom is 0.221 e. The largest absolute Gasteiger partial charge is 0.355 e. The van der Waals surface area contributed by atoms with Crippen molar-refractivity contribution in [2.24, 2.45) is 5.73 Å². The van der Waals surface area contributed by atoms with Crippen LogP contribution in [0.15, 0.2) is 30.3 Å². The highest BCUT2D eigenvalue weighted by atomic mass is 32.2. The van der Waals surface area contributed by atoms with Gasteiger partial charge in [0.2, 0.25) is 5.91 Å². The van der Waals surface area contributed by atoms with Crippen molar-refractivity contribution in [3.8, 4) is 0 Å². The second-order valence-corrected chi connectivity index (χ2v) is 7.15. The predicted molar refractivity (Wildman–Crippen MR) is 84.6 cm³/mol. The highest BCUT2D eigenvalue weighted by Gasteiger charge is 2.16. The zero-order valence-electron chi connectivity index (χ0n) is 10.9. The number of amides is 1. The van der Waals surface area contributed by atoms with Crippen molar-refractivity contribution in [2.45, 2.75) is 17.7 Å². The average Bonchev–Trinajstić information content (AvgIpc) is 2.47. The lowest BCUT2D eigenvalue weighted by Gasteiger charge is -2.21. The number of carbonyl (C=O) groups excluding carboxylic acids is 1. The normalized spacial score (nSPS) is 20.8. The highest BCUT2D eigenvalue weighted by Crippen LogP contribution is 2.23. The van der Waals surface area contributed by atoms with Gasteiger partial charge in [0.25, 0.3) is 0 Å². The number of thioether (sulfide) groups is 2. The minimum atomic E-state index is -0.213. The Labute approximate surface area is 123 Å². The number of carbonyl (C=O) groups is 1. The van der Waals surface area contributed by atoms with E-state index in [1.165, 1.54) is 11.5 Å². The van der Waals surface area contributed by atoms with Crippen LogP contribution in [0.1, 0.15) is 18.0 Å². The van der Waals surface area contributed by atoms with Gasteiger partial charge in [0.1, 0.15) is 0 Å². The molecule has 1 heterocycles. The number of nitrogens with one attached hydrogen (secondary N) is 1. The van der Waals surface area contributed by atoms with Gasteiger partial charge in [-0.15, -0.1) is 0 Å². The maximum absolute atomic E-state index is 11.9. The number of nitrogens with two attached hydrogens (primary N) is 1. The molecule has 0 saturated carbocycles. The smallest absolute Gasteiger partial charge is 0.221 e. The molecule has 1 aromatic rings. The lowest BCUT2D eigenvalue weighted by molar-refractivity contribution is -0.121. The standard InChI is InChI=1S/C14H20N2OS2/c15-13(11-4-2-1-3-5-11)8-14(17)16-9-12-10-18-6-7-19-12/h1-5,12-13H,6-10,15H2,(H,16,17). The van der Waals surface area contributed by atoms with Crippen LogP contribution in [0.3, 0.4) is 0 Å². The van der Waals surface area contributed by atoms with Gasteiger partial charge in [-0.2, -0.15) is 23.5 Å². The van der Waals surface area contributed by atoms with E-state index < -0.39 is 0 Å². The number of hydrogen-bond acceptors (Lipinski definition) is 4.